The zero-order valence-electron chi connectivity index (χ0n) is 15.7. The molecule has 2 heterocycles. The lowest BCUT2D eigenvalue weighted by atomic mass is 9.98. The first-order chi connectivity index (χ1) is 13.8. The van der Waals surface area contributed by atoms with E-state index in [0.717, 1.165) is 6.07 Å². The van der Waals surface area contributed by atoms with Crippen molar-refractivity contribution < 1.29 is 33.4 Å². The van der Waals surface area contributed by atoms with Gasteiger partial charge in [0.25, 0.3) is 0 Å². The molecular weight excluding hydrogens is 380 g/mol. The number of carboxylic acid groups (broad SMARTS) is 1. The zero-order chi connectivity index (χ0) is 21.1. The van der Waals surface area contributed by atoms with Crippen LogP contribution in [-0.2, 0) is 9.53 Å². The van der Waals surface area contributed by atoms with Crippen molar-refractivity contribution in [2.45, 2.75) is 19.3 Å². The van der Waals surface area contributed by atoms with Crippen molar-refractivity contribution in [3.05, 3.63) is 75.5 Å². The predicted molar refractivity (Wildman–Crippen MR) is 101 cm³/mol. The van der Waals surface area contributed by atoms with Crippen LogP contribution < -0.4 is 5.43 Å². The Morgan fingerprint density at radius 3 is 2.41 bits per heavy atom. The van der Waals surface area contributed by atoms with Gasteiger partial charge in [0.2, 0.25) is 11.2 Å². The number of methoxy groups -OCH3 is 1. The maximum absolute atomic E-state index is 12.0. The van der Waals surface area contributed by atoms with Crippen LogP contribution >= 0.6 is 0 Å². The molecule has 0 saturated heterocycles. The van der Waals surface area contributed by atoms with Crippen LogP contribution in [0.15, 0.2) is 56.1 Å². The van der Waals surface area contributed by atoms with Crippen molar-refractivity contribution in [2.75, 3.05) is 7.11 Å². The highest BCUT2D eigenvalue weighted by Gasteiger charge is 2.29. The van der Waals surface area contributed by atoms with Gasteiger partial charge < -0.3 is 23.8 Å². The van der Waals surface area contributed by atoms with Crippen LogP contribution in [0, 0.1) is 6.92 Å². The van der Waals surface area contributed by atoms with Crippen molar-refractivity contribution in [2.24, 2.45) is 0 Å². The Labute approximate surface area is 165 Å². The molecule has 0 fully saturated rings. The van der Waals surface area contributed by atoms with Gasteiger partial charge in [-0.3, -0.25) is 9.59 Å². The van der Waals surface area contributed by atoms with E-state index in [1.54, 1.807) is 31.2 Å². The third-order valence-corrected chi connectivity index (χ3v) is 4.37. The molecule has 0 aliphatic heterocycles. The summed E-state index contributed by atoms with van der Waals surface area (Å²) in [6.07, 6.45) is -0.221. The van der Waals surface area contributed by atoms with Gasteiger partial charge in [0, 0.05) is 11.6 Å². The molecule has 2 aromatic heterocycles. The molecule has 29 heavy (non-hydrogen) atoms. The summed E-state index contributed by atoms with van der Waals surface area (Å²) in [5, 5.41) is 19.2. The lowest BCUT2D eigenvalue weighted by molar-refractivity contribution is -0.141. The lowest BCUT2D eigenvalue weighted by Gasteiger charge is -2.14. The van der Waals surface area contributed by atoms with Gasteiger partial charge in [-0.15, -0.1) is 0 Å². The number of aromatic hydroxyl groups is 1. The zero-order valence-corrected chi connectivity index (χ0v) is 15.7. The topological polar surface area (TPSA) is 127 Å². The number of hydrogen-bond acceptors (Lipinski definition) is 7. The average Bonchev–Trinajstić information content (AvgIpc) is 3.18. The monoisotopic (exact) mass is 398 g/mol. The highest BCUT2D eigenvalue weighted by Crippen LogP contribution is 2.36. The summed E-state index contributed by atoms with van der Waals surface area (Å²) in [5.41, 5.74) is 0.123. The number of carboxylic acids is 1. The SMILES string of the molecule is COC(=O)CC(c1ccc(-c2ccc(C(=O)O)cc2)o1)c1oc(C)cc(=O)c1O. The van der Waals surface area contributed by atoms with E-state index < -0.39 is 29.0 Å². The first kappa shape index (κ1) is 19.9. The molecule has 8 heteroatoms. The average molecular weight is 398 g/mol. The molecule has 150 valence electrons. The summed E-state index contributed by atoms with van der Waals surface area (Å²) in [6, 6.07) is 10.4. The predicted octanol–water partition coefficient (Wildman–Crippen LogP) is 3.31. The molecule has 1 unspecified atom stereocenters. The maximum atomic E-state index is 12.0. The Morgan fingerprint density at radius 2 is 1.79 bits per heavy atom. The number of aromatic carboxylic acids is 1. The molecule has 0 aliphatic rings. The summed E-state index contributed by atoms with van der Waals surface area (Å²) >= 11 is 0. The van der Waals surface area contributed by atoms with E-state index in [9.17, 15) is 19.5 Å². The Bertz CT molecular complexity index is 1100. The van der Waals surface area contributed by atoms with Crippen molar-refractivity contribution in [1.29, 1.82) is 0 Å². The van der Waals surface area contributed by atoms with Crippen LogP contribution in [0.25, 0.3) is 11.3 Å². The minimum Gasteiger partial charge on any atom is -0.502 e. The molecular formula is C21H18O8. The van der Waals surface area contributed by atoms with E-state index in [4.69, 9.17) is 18.7 Å². The smallest absolute Gasteiger partial charge is 0.335 e. The molecule has 1 aromatic carbocycles. The molecule has 2 N–H and O–H groups in total. The molecule has 0 aliphatic carbocycles. The van der Waals surface area contributed by atoms with Crippen molar-refractivity contribution in [3.8, 4) is 17.1 Å². The molecule has 3 rings (SSSR count). The van der Waals surface area contributed by atoms with Gasteiger partial charge in [-0.05, 0) is 31.2 Å². The third kappa shape index (κ3) is 4.21. The van der Waals surface area contributed by atoms with E-state index in [-0.39, 0.29) is 29.3 Å². The molecule has 0 saturated carbocycles. The molecule has 3 aromatic rings. The highest BCUT2D eigenvalue weighted by atomic mass is 16.5. The maximum Gasteiger partial charge on any atom is 0.335 e. The number of rotatable bonds is 6. The van der Waals surface area contributed by atoms with Crippen LogP contribution in [0.1, 0.15) is 40.0 Å². The fourth-order valence-corrected chi connectivity index (χ4v) is 2.91. The van der Waals surface area contributed by atoms with Gasteiger partial charge in [-0.2, -0.15) is 0 Å². The normalized spacial score (nSPS) is 11.8. The van der Waals surface area contributed by atoms with Crippen LogP contribution in [0.2, 0.25) is 0 Å². The number of furan rings is 1. The Morgan fingerprint density at radius 1 is 1.10 bits per heavy atom. The fraction of sp³-hybridized carbons (Fsp3) is 0.190. The molecule has 0 spiro atoms. The number of carbonyl (C=O) groups is 2. The van der Waals surface area contributed by atoms with E-state index in [0.29, 0.717) is 11.3 Å². The Balaban J connectivity index is 2.03. The van der Waals surface area contributed by atoms with Crippen LogP contribution in [0.5, 0.6) is 5.75 Å². The second kappa shape index (κ2) is 8.05. The number of benzene rings is 1. The lowest BCUT2D eigenvalue weighted by Crippen LogP contribution is -2.13. The van der Waals surface area contributed by atoms with Crippen molar-refractivity contribution >= 4 is 11.9 Å². The number of carbonyl (C=O) groups excluding carboxylic acids is 1. The summed E-state index contributed by atoms with van der Waals surface area (Å²) in [5.74, 6) is -2.24. The largest absolute Gasteiger partial charge is 0.502 e. The molecule has 0 amide bonds. The molecule has 8 nitrogen and oxygen atoms in total. The van der Waals surface area contributed by atoms with Gasteiger partial charge >= 0.3 is 11.9 Å². The number of ether oxygens (including phenoxy) is 1. The van der Waals surface area contributed by atoms with Crippen LogP contribution in [-0.4, -0.2) is 29.3 Å². The number of hydrogen-bond donors (Lipinski definition) is 2. The summed E-state index contributed by atoms with van der Waals surface area (Å²) in [4.78, 5) is 34.9. The second-order valence-electron chi connectivity index (χ2n) is 6.35. The molecule has 0 radical (unpaired) electrons. The first-order valence-corrected chi connectivity index (χ1v) is 8.64. The first-order valence-electron chi connectivity index (χ1n) is 8.64. The van der Waals surface area contributed by atoms with Gasteiger partial charge in [0.05, 0.1) is 25.0 Å². The summed E-state index contributed by atoms with van der Waals surface area (Å²) in [7, 11) is 1.23. The van der Waals surface area contributed by atoms with E-state index in [1.807, 2.05) is 0 Å². The van der Waals surface area contributed by atoms with E-state index in [2.05, 4.69) is 0 Å². The van der Waals surface area contributed by atoms with Gasteiger partial charge in [-0.1, -0.05) is 12.1 Å². The third-order valence-electron chi connectivity index (χ3n) is 4.37. The molecule has 1 atom stereocenters. The minimum absolute atomic E-state index is 0.0949. The number of esters is 1. The Hall–Kier alpha value is -3.81. The standard InChI is InChI=1S/C21H18O8/c1-11-9-15(22)19(24)20(28-11)14(10-18(23)27-2)17-8-7-16(29-17)12-3-5-13(6-4-12)21(25)26/h3-9,14,24H,10H2,1-2H3,(H,25,26). The molecule has 0 bridgehead atoms. The van der Waals surface area contributed by atoms with E-state index >= 15 is 0 Å². The van der Waals surface area contributed by atoms with Crippen LogP contribution in [0.3, 0.4) is 0 Å². The highest BCUT2D eigenvalue weighted by molar-refractivity contribution is 5.88. The van der Waals surface area contributed by atoms with Crippen molar-refractivity contribution in [1.82, 2.24) is 0 Å². The van der Waals surface area contributed by atoms with Crippen LogP contribution in [0.4, 0.5) is 0 Å². The van der Waals surface area contributed by atoms with E-state index in [1.165, 1.54) is 19.2 Å². The Kier molecular flexibility index (Phi) is 5.54. The summed E-state index contributed by atoms with van der Waals surface area (Å²) in [6.45, 7) is 1.55. The summed E-state index contributed by atoms with van der Waals surface area (Å²) < 4.78 is 16.1. The van der Waals surface area contributed by atoms with Gasteiger partial charge in [-0.25, -0.2) is 4.79 Å². The quantitative estimate of drug-likeness (QED) is 0.606. The number of aryl methyl sites for hydroxylation is 1. The van der Waals surface area contributed by atoms with Gasteiger partial charge in [0.1, 0.15) is 17.3 Å². The fourth-order valence-electron chi connectivity index (χ4n) is 2.91. The van der Waals surface area contributed by atoms with Gasteiger partial charge in [0.15, 0.2) is 5.76 Å². The minimum atomic E-state index is -1.04. The second-order valence-corrected chi connectivity index (χ2v) is 6.35. The van der Waals surface area contributed by atoms with Crippen molar-refractivity contribution in [3.63, 3.8) is 0 Å².